The molecule has 0 radical (unpaired) electrons. The van der Waals surface area contributed by atoms with E-state index in [-0.39, 0.29) is 24.6 Å². The molecule has 4 heterocycles. The van der Waals surface area contributed by atoms with Crippen LogP contribution in [-0.2, 0) is 28.3 Å². The summed E-state index contributed by atoms with van der Waals surface area (Å²) in [6.07, 6.45) is 0.120. The van der Waals surface area contributed by atoms with Crippen molar-refractivity contribution in [2.24, 2.45) is 5.73 Å². The van der Waals surface area contributed by atoms with Crippen molar-refractivity contribution in [1.29, 1.82) is 0 Å². The smallest absolute Gasteiger partial charge is 0.343 e. The number of benzene rings is 1. The molecule has 0 aliphatic carbocycles. The standard InChI is InChI=1S/C22H21N3O4/c1-3-22(28)16-8-17-19-13(9-25(17)20(26)15(16)10-29-21(22)27)7-12-5-4-6-14(11(2)23)18(12)24-19/h4-8,11,28H,3,9-10,23H2,1-2H3/t11?,22-/m0/s1. The molecule has 2 aromatic heterocycles. The summed E-state index contributed by atoms with van der Waals surface area (Å²) >= 11 is 0. The number of esters is 1. The normalized spacial score (nSPS) is 20.8. The number of aromatic nitrogens is 2. The van der Waals surface area contributed by atoms with Crippen molar-refractivity contribution in [3.8, 4) is 11.4 Å². The van der Waals surface area contributed by atoms with E-state index in [0.717, 1.165) is 22.0 Å². The maximum absolute atomic E-state index is 13.2. The van der Waals surface area contributed by atoms with Crippen LogP contribution in [0.1, 0.15) is 48.6 Å². The minimum atomic E-state index is -1.82. The molecule has 0 saturated carbocycles. The van der Waals surface area contributed by atoms with Crippen molar-refractivity contribution in [3.63, 3.8) is 0 Å². The Morgan fingerprint density at radius 3 is 2.86 bits per heavy atom. The fraction of sp³-hybridized carbons (Fsp3) is 0.318. The minimum Gasteiger partial charge on any atom is -0.458 e. The van der Waals surface area contributed by atoms with Crippen LogP contribution in [0.25, 0.3) is 22.3 Å². The number of rotatable bonds is 2. The molecule has 1 unspecified atom stereocenters. The van der Waals surface area contributed by atoms with Gasteiger partial charge in [0.25, 0.3) is 5.56 Å². The van der Waals surface area contributed by atoms with Crippen molar-refractivity contribution in [3.05, 3.63) is 62.9 Å². The van der Waals surface area contributed by atoms with Crippen molar-refractivity contribution in [2.45, 2.75) is 45.1 Å². The topological polar surface area (TPSA) is 107 Å². The maximum atomic E-state index is 13.2. The summed E-state index contributed by atoms with van der Waals surface area (Å²) in [5.74, 6) is -0.721. The third-order valence-corrected chi connectivity index (χ3v) is 6.06. The number of aliphatic hydroxyl groups is 1. The van der Waals surface area contributed by atoms with E-state index in [1.165, 1.54) is 0 Å². The van der Waals surface area contributed by atoms with Gasteiger partial charge in [-0.05, 0) is 31.0 Å². The van der Waals surface area contributed by atoms with Crippen LogP contribution in [0.5, 0.6) is 0 Å². The first-order chi connectivity index (χ1) is 13.8. The first-order valence-electron chi connectivity index (χ1n) is 9.70. The molecule has 148 valence electrons. The Morgan fingerprint density at radius 2 is 2.14 bits per heavy atom. The molecule has 3 aromatic rings. The largest absolute Gasteiger partial charge is 0.458 e. The summed E-state index contributed by atoms with van der Waals surface area (Å²) in [6, 6.07) is 9.45. The van der Waals surface area contributed by atoms with Gasteiger partial charge in [0.05, 0.1) is 29.0 Å². The van der Waals surface area contributed by atoms with E-state index in [4.69, 9.17) is 15.5 Å². The predicted octanol–water partition coefficient (Wildman–Crippen LogP) is 2.10. The molecule has 7 nitrogen and oxygen atoms in total. The van der Waals surface area contributed by atoms with Gasteiger partial charge < -0.3 is 20.1 Å². The van der Waals surface area contributed by atoms with Crippen molar-refractivity contribution < 1.29 is 14.6 Å². The van der Waals surface area contributed by atoms with Crippen LogP contribution in [-0.4, -0.2) is 20.6 Å². The van der Waals surface area contributed by atoms with Crippen molar-refractivity contribution in [2.75, 3.05) is 0 Å². The zero-order valence-electron chi connectivity index (χ0n) is 16.2. The maximum Gasteiger partial charge on any atom is 0.343 e. The average Bonchev–Trinajstić information content (AvgIpc) is 3.07. The van der Waals surface area contributed by atoms with Crippen LogP contribution < -0.4 is 11.3 Å². The number of fused-ring (bicyclic) bond motifs is 5. The van der Waals surface area contributed by atoms with E-state index in [0.29, 0.717) is 29.1 Å². The number of ether oxygens (including phenoxy) is 1. The van der Waals surface area contributed by atoms with Crippen LogP contribution in [0.3, 0.4) is 0 Å². The van der Waals surface area contributed by atoms with Gasteiger partial charge in [0.15, 0.2) is 5.60 Å². The van der Waals surface area contributed by atoms with Gasteiger partial charge in [-0.3, -0.25) is 4.79 Å². The molecule has 0 amide bonds. The fourth-order valence-electron chi connectivity index (χ4n) is 4.40. The highest BCUT2D eigenvalue weighted by Crippen LogP contribution is 2.39. The Morgan fingerprint density at radius 1 is 1.34 bits per heavy atom. The second-order valence-corrected chi connectivity index (χ2v) is 7.81. The molecule has 2 atom stereocenters. The van der Waals surface area contributed by atoms with Gasteiger partial charge in [-0.15, -0.1) is 0 Å². The Balaban J connectivity index is 1.80. The van der Waals surface area contributed by atoms with E-state index in [2.05, 4.69) is 0 Å². The number of nitrogens with two attached hydrogens (primary N) is 1. The highest BCUT2D eigenvalue weighted by Gasteiger charge is 2.45. The average molecular weight is 391 g/mol. The van der Waals surface area contributed by atoms with E-state index in [1.54, 1.807) is 17.6 Å². The first-order valence-corrected chi connectivity index (χ1v) is 9.70. The molecular weight excluding hydrogens is 370 g/mol. The van der Waals surface area contributed by atoms with E-state index in [1.807, 2.05) is 31.2 Å². The number of nitrogens with zero attached hydrogens (tertiary/aromatic N) is 2. The number of hydrogen-bond donors (Lipinski definition) is 2. The van der Waals surface area contributed by atoms with Crippen LogP contribution in [0.4, 0.5) is 0 Å². The molecule has 2 aliphatic rings. The number of carbonyl (C=O) groups excluding carboxylic acids is 1. The molecule has 0 fully saturated rings. The minimum absolute atomic E-state index is 0.120. The summed E-state index contributed by atoms with van der Waals surface area (Å²) < 4.78 is 6.74. The lowest BCUT2D eigenvalue weighted by Gasteiger charge is -2.31. The second-order valence-electron chi connectivity index (χ2n) is 7.81. The summed E-state index contributed by atoms with van der Waals surface area (Å²) in [5.41, 5.74) is 8.63. The van der Waals surface area contributed by atoms with E-state index >= 15 is 0 Å². The van der Waals surface area contributed by atoms with Gasteiger partial charge in [-0.2, -0.15) is 0 Å². The Labute approximate surface area is 166 Å². The number of carbonyl (C=O) groups is 1. The highest BCUT2D eigenvalue weighted by atomic mass is 16.6. The highest BCUT2D eigenvalue weighted by molar-refractivity contribution is 5.88. The molecule has 3 N–H and O–H groups in total. The third kappa shape index (κ3) is 2.34. The SMILES string of the molecule is CC[C@@]1(O)C(=O)OCc2c1cc1n(c2=O)Cc2cc3cccc(C(C)N)c3nc2-1. The molecule has 0 bridgehead atoms. The Kier molecular flexibility index (Phi) is 3.72. The van der Waals surface area contributed by atoms with Gasteiger partial charge >= 0.3 is 5.97 Å². The molecule has 7 heteroatoms. The van der Waals surface area contributed by atoms with Crippen LogP contribution >= 0.6 is 0 Å². The monoisotopic (exact) mass is 391 g/mol. The van der Waals surface area contributed by atoms with E-state index < -0.39 is 11.6 Å². The molecular formula is C22H21N3O4. The molecule has 0 saturated heterocycles. The predicted molar refractivity (Wildman–Crippen MR) is 107 cm³/mol. The lowest BCUT2D eigenvalue weighted by molar-refractivity contribution is -0.172. The van der Waals surface area contributed by atoms with Gasteiger partial charge in [0, 0.05) is 22.6 Å². The Hall–Kier alpha value is -3.03. The van der Waals surface area contributed by atoms with Gasteiger partial charge in [0.1, 0.15) is 6.61 Å². The number of cyclic esters (lactones) is 1. The van der Waals surface area contributed by atoms with Gasteiger partial charge in [-0.1, -0.05) is 25.1 Å². The molecule has 5 rings (SSSR count). The van der Waals surface area contributed by atoms with E-state index in [9.17, 15) is 14.7 Å². The lowest BCUT2D eigenvalue weighted by atomic mass is 9.86. The summed E-state index contributed by atoms with van der Waals surface area (Å²) in [6.45, 7) is 3.86. The summed E-state index contributed by atoms with van der Waals surface area (Å²) in [7, 11) is 0. The second kappa shape index (κ2) is 5.98. The number of hydrogen-bond acceptors (Lipinski definition) is 6. The lowest BCUT2D eigenvalue weighted by Crippen LogP contribution is -2.44. The molecule has 2 aliphatic heterocycles. The molecule has 29 heavy (non-hydrogen) atoms. The van der Waals surface area contributed by atoms with Crippen molar-refractivity contribution in [1.82, 2.24) is 9.55 Å². The quantitative estimate of drug-likeness (QED) is 0.507. The fourth-order valence-corrected chi connectivity index (χ4v) is 4.40. The van der Waals surface area contributed by atoms with Crippen LogP contribution in [0.15, 0.2) is 35.1 Å². The third-order valence-electron chi connectivity index (χ3n) is 6.06. The zero-order valence-corrected chi connectivity index (χ0v) is 16.2. The van der Waals surface area contributed by atoms with Crippen molar-refractivity contribution >= 4 is 16.9 Å². The Bertz CT molecular complexity index is 1260. The summed E-state index contributed by atoms with van der Waals surface area (Å²) in [4.78, 5) is 30.3. The van der Waals surface area contributed by atoms with Gasteiger partial charge in [-0.25, -0.2) is 9.78 Å². The molecule has 0 spiro atoms. The molecule has 1 aromatic carbocycles. The van der Waals surface area contributed by atoms with Gasteiger partial charge in [0.2, 0.25) is 0 Å². The van der Waals surface area contributed by atoms with Crippen LogP contribution in [0.2, 0.25) is 0 Å². The zero-order chi connectivity index (χ0) is 20.5. The number of para-hydroxylation sites is 1. The van der Waals surface area contributed by atoms with Crippen LogP contribution in [0, 0.1) is 0 Å². The summed E-state index contributed by atoms with van der Waals surface area (Å²) in [5, 5.41) is 11.9. The first kappa shape index (κ1) is 18.0. The number of pyridine rings is 2.